The zero-order valence-corrected chi connectivity index (χ0v) is 17.5. The fraction of sp³-hybridized carbons (Fsp3) is 0.700. The molecule has 0 saturated carbocycles. The van der Waals surface area contributed by atoms with E-state index in [-0.39, 0.29) is 0 Å². The molecule has 0 aliphatic carbocycles. The largest absolute Gasteiger partial charge is 0.494 e. The molecule has 0 fully saturated rings. The third-order valence-corrected chi connectivity index (χ3v) is 5.94. The Hall–Kier alpha value is -1.31. The van der Waals surface area contributed by atoms with Gasteiger partial charge in [-0.05, 0) is 82.4 Å². The quantitative estimate of drug-likeness (QED) is 0.427. The summed E-state index contributed by atoms with van der Waals surface area (Å²) in [5.74, 6) is 0.766. The van der Waals surface area contributed by atoms with Crippen molar-refractivity contribution in [3.05, 3.63) is 23.8 Å². The van der Waals surface area contributed by atoms with Gasteiger partial charge in [0.25, 0.3) is 0 Å². The number of fused-ring (bicyclic) bond motifs is 1. The monoisotopic (exact) mass is 398 g/mol. The molecule has 0 spiro atoms. The number of hydrogen-bond donors (Lipinski definition) is 1. The van der Waals surface area contributed by atoms with Crippen LogP contribution in [0.5, 0.6) is 5.75 Å². The van der Waals surface area contributed by atoms with Crippen LogP contribution in [-0.2, 0) is 16.7 Å². The van der Waals surface area contributed by atoms with Gasteiger partial charge in [0, 0.05) is 6.54 Å². The Morgan fingerprint density at radius 2 is 1.89 bits per heavy atom. The summed E-state index contributed by atoms with van der Waals surface area (Å²) in [6.07, 6.45) is 8.67. The highest BCUT2D eigenvalue weighted by molar-refractivity contribution is 7.87. The van der Waals surface area contributed by atoms with Gasteiger partial charge in [0.1, 0.15) is 5.75 Å². The molecular weight excluding hydrogens is 364 g/mol. The summed E-state index contributed by atoms with van der Waals surface area (Å²) in [5, 5.41) is 0. The third kappa shape index (κ3) is 7.31. The van der Waals surface area contributed by atoms with Crippen LogP contribution in [0.25, 0.3) is 0 Å². The van der Waals surface area contributed by atoms with Crippen LogP contribution in [0.1, 0.15) is 57.4 Å². The molecule has 0 unspecified atom stereocenters. The van der Waals surface area contributed by atoms with Crippen LogP contribution in [0.4, 0.5) is 5.69 Å². The molecule has 2 rings (SSSR count). The summed E-state index contributed by atoms with van der Waals surface area (Å²) in [5.41, 5.74) is 1.47. The summed E-state index contributed by atoms with van der Waals surface area (Å²) in [4.78, 5) is 2.40. The molecular formula is C20H34N2O4S. The molecule has 0 bridgehead atoms. The van der Waals surface area contributed by atoms with Gasteiger partial charge in [0.05, 0.1) is 12.3 Å². The highest BCUT2D eigenvalue weighted by Crippen LogP contribution is 2.32. The SMILES string of the molecule is CCCCCN(C)CCCCCOc1ccc2c(c1)CCCN2S(=O)(=O)O. The van der Waals surface area contributed by atoms with Crippen molar-refractivity contribution in [2.75, 3.05) is 37.6 Å². The van der Waals surface area contributed by atoms with Crippen molar-refractivity contribution in [3.8, 4) is 5.75 Å². The average molecular weight is 399 g/mol. The van der Waals surface area contributed by atoms with Crippen molar-refractivity contribution in [2.45, 2.75) is 58.3 Å². The van der Waals surface area contributed by atoms with Gasteiger partial charge in [0.2, 0.25) is 0 Å². The van der Waals surface area contributed by atoms with Crippen LogP contribution in [0.3, 0.4) is 0 Å². The maximum absolute atomic E-state index is 11.5. The number of anilines is 1. The predicted octanol–water partition coefficient (Wildman–Crippen LogP) is 3.91. The van der Waals surface area contributed by atoms with E-state index in [9.17, 15) is 13.0 Å². The molecule has 1 aromatic rings. The van der Waals surface area contributed by atoms with Gasteiger partial charge in [-0.1, -0.05) is 19.8 Å². The van der Waals surface area contributed by atoms with E-state index in [1.54, 1.807) is 12.1 Å². The minimum Gasteiger partial charge on any atom is -0.494 e. The molecule has 0 radical (unpaired) electrons. The Bertz CT molecular complexity index is 679. The van der Waals surface area contributed by atoms with Crippen LogP contribution < -0.4 is 9.04 Å². The molecule has 0 atom stereocenters. The lowest BCUT2D eigenvalue weighted by Gasteiger charge is -2.28. The van der Waals surface area contributed by atoms with E-state index in [0.717, 1.165) is 41.4 Å². The first-order valence-corrected chi connectivity index (χ1v) is 11.5. The van der Waals surface area contributed by atoms with Gasteiger partial charge in [-0.3, -0.25) is 4.55 Å². The number of nitrogens with zero attached hydrogens (tertiary/aromatic N) is 2. The van der Waals surface area contributed by atoms with Crippen molar-refractivity contribution in [2.24, 2.45) is 0 Å². The second-order valence-corrected chi connectivity index (χ2v) is 8.70. The van der Waals surface area contributed by atoms with E-state index >= 15 is 0 Å². The molecule has 1 aliphatic heterocycles. The topological polar surface area (TPSA) is 70.1 Å². The Balaban J connectivity index is 1.70. The minimum atomic E-state index is -4.21. The second-order valence-electron chi connectivity index (χ2n) is 7.36. The Kier molecular flexibility index (Phi) is 8.86. The summed E-state index contributed by atoms with van der Waals surface area (Å²) in [6.45, 7) is 5.53. The Morgan fingerprint density at radius 1 is 1.15 bits per heavy atom. The van der Waals surface area contributed by atoms with E-state index < -0.39 is 10.3 Å². The van der Waals surface area contributed by atoms with Gasteiger partial charge in [0.15, 0.2) is 0 Å². The third-order valence-electron chi connectivity index (χ3n) is 5.00. The molecule has 0 amide bonds. The molecule has 1 aliphatic rings. The molecule has 27 heavy (non-hydrogen) atoms. The van der Waals surface area contributed by atoms with Crippen LogP contribution in [0.15, 0.2) is 18.2 Å². The molecule has 7 heteroatoms. The number of ether oxygens (including phenoxy) is 1. The number of rotatable bonds is 12. The maximum Gasteiger partial charge on any atom is 0.359 e. The van der Waals surface area contributed by atoms with Gasteiger partial charge in [-0.15, -0.1) is 0 Å². The van der Waals surface area contributed by atoms with Crippen LogP contribution in [0.2, 0.25) is 0 Å². The summed E-state index contributed by atoms with van der Waals surface area (Å²) in [7, 11) is -2.02. The molecule has 1 N–H and O–H groups in total. The Morgan fingerprint density at radius 3 is 2.59 bits per heavy atom. The van der Waals surface area contributed by atoms with Crippen molar-refractivity contribution >= 4 is 16.0 Å². The fourth-order valence-corrected chi connectivity index (χ4v) is 4.25. The molecule has 6 nitrogen and oxygen atoms in total. The lowest BCUT2D eigenvalue weighted by molar-refractivity contribution is 0.287. The Labute approximate surface area is 164 Å². The second kappa shape index (κ2) is 10.9. The number of unbranched alkanes of at least 4 members (excludes halogenated alkanes) is 4. The molecule has 154 valence electrons. The molecule has 1 heterocycles. The lowest BCUT2D eigenvalue weighted by atomic mass is 10.0. The highest BCUT2D eigenvalue weighted by Gasteiger charge is 2.25. The first kappa shape index (κ1) is 22.0. The minimum absolute atomic E-state index is 0.318. The summed E-state index contributed by atoms with van der Waals surface area (Å²) < 4.78 is 39.2. The van der Waals surface area contributed by atoms with Crippen molar-refractivity contribution in [1.29, 1.82) is 0 Å². The van der Waals surface area contributed by atoms with Gasteiger partial charge >= 0.3 is 10.3 Å². The molecule has 0 saturated heterocycles. The number of hydrogen-bond acceptors (Lipinski definition) is 4. The van der Waals surface area contributed by atoms with Crippen LogP contribution >= 0.6 is 0 Å². The summed E-state index contributed by atoms with van der Waals surface area (Å²) in [6, 6.07) is 5.40. The summed E-state index contributed by atoms with van der Waals surface area (Å²) >= 11 is 0. The van der Waals surface area contributed by atoms with Gasteiger partial charge in [-0.2, -0.15) is 8.42 Å². The normalized spacial score (nSPS) is 14.4. The van der Waals surface area contributed by atoms with Crippen LogP contribution in [-0.4, -0.2) is 51.2 Å². The maximum atomic E-state index is 11.5. The van der Waals surface area contributed by atoms with E-state index in [1.165, 1.54) is 32.2 Å². The average Bonchev–Trinajstić information content (AvgIpc) is 2.63. The fourth-order valence-electron chi connectivity index (χ4n) is 3.46. The van der Waals surface area contributed by atoms with Crippen molar-refractivity contribution in [3.63, 3.8) is 0 Å². The molecule has 0 aromatic heterocycles. The predicted molar refractivity (Wildman–Crippen MR) is 110 cm³/mol. The first-order valence-electron chi connectivity index (χ1n) is 10.1. The van der Waals surface area contributed by atoms with Crippen molar-refractivity contribution in [1.82, 2.24) is 4.90 Å². The van der Waals surface area contributed by atoms with E-state index in [1.807, 2.05) is 6.07 Å². The number of benzene rings is 1. The van der Waals surface area contributed by atoms with E-state index in [0.29, 0.717) is 25.3 Å². The van der Waals surface area contributed by atoms with Gasteiger partial charge in [-0.25, -0.2) is 4.31 Å². The highest BCUT2D eigenvalue weighted by atomic mass is 32.2. The molecule has 1 aromatic carbocycles. The van der Waals surface area contributed by atoms with Crippen molar-refractivity contribution < 1.29 is 17.7 Å². The standard InChI is InChI=1S/C20H34N2O4S/c1-3-4-6-13-21(2)14-7-5-8-16-26-19-11-12-20-18(17-19)10-9-15-22(20)27(23,24)25/h11-12,17H,3-10,13-16H2,1-2H3,(H,23,24,25). The van der Waals surface area contributed by atoms with E-state index in [2.05, 4.69) is 18.9 Å². The van der Waals surface area contributed by atoms with E-state index in [4.69, 9.17) is 4.74 Å². The smallest absolute Gasteiger partial charge is 0.359 e. The number of aryl methyl sites for hydroxylation is 1. The zero-order valence-electron chi connectivity index (χ0n) is 16.7. The van der Waals surface area contributed by atoms with Gasteiger partial charge < -0.3 is 9.64 Å². The first-order chi connectivity index (χ1) is 12.9. The van der Waals surface area contributed by atoms with Crippen LogP contribution in [0, 0.1) is 0 Å². The zero-order chi connectivity index (χ0) is 19.7. The lowest BCUT2D eigenvalue weighted by Crippen LogP contribution is -2.34.